The van der Waals surface area contributed by atoms with Gasteiger partial charge in [-0.1, -0.05) is 54.6 Å². The molecule has 6 heteroatoms. The van der Waals surface area contributed by atoms with Gasteiger partial charge in [-0.05, 0) is 53.6 Å². The number of aromatic amines is 1. The Morgan fingerprint density at radius 2 is 1.58 bits per heavy atom. The second-order valence-electron chi connectivity index (χ2n) is 8.83. The first-order valence-corrected chi connectivity index (χ1v) is 12.1. The van der Waals surface area contributed by atoms with E-state index in [-0.39, 0.29) is 5.91 Å². The smallest absolute Gasteiger partial charge is 0.256 e. The summed E-state index contributed by atoms with van der Waals surface area (Å²) >= 11 is 0. The molecule has 1 amide bonds. The minimum Gasteiger partial charge on any atom is -0.378 e. The quantitative estimate of drug-likeness (QED) is 0.328. The molecule has 1 saturated heterocycles. The molecule has 2 N–H and O–H groups in total. The number of benzene rings is 4. The third-order valence-corrected chi connectivity index (χ3v) is 6.52. The van der Waals surface area contributed by atoms with Crippen molar-refractivity contribution in [3.63, 3.8) is 0 Å². The van der Waals surface area contributed by atoms with Gasteiger partial charge in [0.15, 0.2) is 0 Å². The highest BCUT2D eigenvalue weighted by Crippen LogP contribution is 2.28. The number of imidazole rings is 1. The van der Waals surface area contributed by atoms with Gasteiger partial charge in [-0.15, -0.1) is 0 Å². The molecule has 0 aliphatic carbocycles. The Bertz CT molecular complexity index is 1500. The predicted molar refractivity (Wildman–Crippen MR) is 144 cm³/mol. The number of hydrogen-bond donors (Lipinski definition) is 2. The molecule has 0 bridgehead atoms. The van der Waals surface area contributed by atoms with Crippen molar-refractivity contribution in [3.8, 4) is 22.5 Å². The molecule has 1 aromatic heterocycles. The molecule has 1 aliphatic heterocycles. The SMILES string of the molecule is O=C(Nc1ccc(N2CCOCC2)cc1)c1ccccc1-c1nc2ccc(-c3ccccc3)cc2[nH]1. The number of H-pyrrole nitrogens is 1. The van der Waals surface area contributed by atoms with Gasteiger partial charge < -0.3 is 19.9 Å². The van der Waals surface area contributed by atoms with Crippen molar-refractivity contribution in [1.29, 1.82) is 0 Å². The zero-order valence-electron chi connectivity index (χ0n) is 19.8. The van der Waals surface area contributed by atoms with Gasteiger partial charge in [0.05, 0.1) is 29.8 Å². The Labute approximate surface area is 209 Å². The summed E-state index contributed by atoms with van der Waals surface area (Å²) < 4.78 is 5.43. The third kappa shape index (κ3) is 4.46. The number of rotatable bonds is 5. The molecule has 6 nitrogen and oxygen atoms in total. The first kappa shape index (κ1) is 22.1. The number of morpholine rings is 1. The number of aromatic nitrogens is 2. The Balaban J connectivity index is 1.25. The van der Waals surface area contributed by atoms with Gasteiger partial charge in [0.2, 0.25) is 0 Å². The molecule has 36 heavy (non-hydrogen) atoms. The second kappa shape index (κ2) is 9.68. The highest BCUT2D eigenvalue weighted by Gasteiger charge is 2.16. The summed E-state index contributed by atoms with van der Waals surface area (Å²) in [5.41, 5.74) is 7.27. The number of hydrogen-bond acceptors (Lipinski definition) is 4. The number of anilines is 2. The van der Waals surface area contributed by atoms with Gasteiger partial charge in [-0.25, -0.2) is 4.98 Å². The molecule has 0 radical (unpaired) electrons. The van der Waals surface area contributed by atoms with Crippen molar-refractivity contribution in [2.24, 2.45) is 0 Å². The van der Waals surface area contributed by atoms with Crippen LogP contribution in [0.15, 0.2) is 97.1 Å². The third-order valence-electron chi connectivity index (χ3n) is 6.52. The van der Waals surface area contributed by atoms with Gasteiger partial charge >= 0.3 is 0 Å². The standard InChI is InChI=1S/C30H26N4O2/c35-30(31-23-11-13-24(14-12-23)34-16-18-36-19-17-34)26-9-5-4-8-25(26)29-32-27-15-10-22(20-28(27)33-29)21-6-2-1-3-7-21/h1-15,20H,16-19H2,(H,31,35)(H,32,33). The summed E-state index contributed by atoms with van der Waals surface area (Å²) in [4.78, 5) is 23.8. The molecule has 178 valence electrons. The number of carbonyl (C=O) groups excluding carboxylic acids is 1. The molecule has 1 fully saturated rings. The lowest BCUT2D eigenvalue weighted by atomic mass is 10.1. The summed E-state index contributed by atoms with van der Waals surface area (Å²) in [6.45, 7) is 3.24. The predicted octanol–water partition coefficient (Wildman–Crippen LogP) is 5.99. The van der Waals surface area contributed by atoms with Crippen molar-refractivity contribution in [2.45, 2.75) is 0 Å². The van der Waals surface area contributed by atoms with Crippen LogP contribution in [-0.2, 0) is 4.74 Å². The van der Waals surface area contributed by atoms with Gasteiger partial charge in [0.1, 0.15) is 5.82 Å². The molecule has 0 spiro atoms. The molecule has 5 aromatic rings. The lowest BCUT2D eigenvalue weighted by Gasteiger charge is -2.28. The summed E-state index contributed by atoms with van der Waals surface area (Å²) in [6.07, 6.45) is 0. The number of nitrogens with one attached hydrogen (secondary N) is 2. The Morgan fingerprint density at radius 1 is 0.833 bits per heavy atom. The first-order chi connectivity index (χ1) is 17.7. The van der Waals surface area contributed by atoms with Crippen LogP contribution in [0.5, 0.6) is 0 Å². The van der Waals surface area contributed by atoms with Crippen LogP contribution in [0.25, 0.3) is 33.5 Å². The van der Waals surface area contributed by atoms with E-state index in [0.29, 0.717) is 11.4 Å². The molecule has 2 heterocycles. The zero-order chi connectivity index (χ0) is 24.3. The van der Waals surface area contributed by atoms with Crippen molar-refractivity contribution in [2.75, 3.05) is 36.5 Å². The van der Waals surface area contributed by atoms with E-state index >= 15 is 0 Å². The molecular formula is C30H26N4O2. The maximum atomic E-state index is 13.3. The van der Waals surface area contributed by atoms with Crippen LogP contribution in [0.3, 0.4) is 0 Å². The molecule has 0 saturated carbocycles. The van der Waals surface area contributed by atoms with Gasteiger partial charge in [-0.2, -0.15) is 0 Å². The van der Waals surface area contributed by atoms with E-state index in [0.717, 1.165) is 65.4 Å². The zero-order valence-corrected chi connectivity index (χ0v) is 19.8. The normalized spacial score (nSPS) is 13.6. The molecule has 6 rings (SSSR count). The maximum absolute atomic E-state index is 13.3. The van der Waals surface area contributed by atoms with Crippen molar-refractivity contribution in [3.05, 3.63) is 103 Å². The highest BCUT2D eigenvalue weighted by molar-refractivity contribution is 6.08. The Hall–Kier alpha value is -4.42. The van der Waals surface area contributed by atoms with Gasteiger partial charge in [0, 0.05) is 30.0 Å². The topological polar surface area (TPSA) is 70.2 Å². The Kier molecular flexibility index (Phi) is 5.93. The highest BCUT2D eigenvalue weighted by atomic mass is 16.5. The summed E-state index contributed by atoms with van der Waals surface area (Å²) in [6, 6.07) is 31.9. The van der Waals surface area contributed by atoms with E-state index in [4.69, 9.17) is 9.72 Å². The number of fused-ring (bicyclic) bond motifs is 1. The summed E-state index contributed by atoms with van der Waals surface area (Å²) in [5.74, 6) is 0.499. The van der Waals surface area contributed by atoms with Crippen LogP contribution in [0.2, 0.25) is 0 Å². The largest absolute Gasteiger partial charge is 0.378 e. The number of amides is 1. The molecule has 1 aliphatic rings. The fourth-order valence-electron chi connectivity index (χ4n) is 4.61. The van der Waals surface area contributed by atoms with E-state index in [9.17, 15) is 4.79 Å². The average Bonchev–Trinajstić information content (AvgIpc) is 3.38. The van der Waals surface area contributed by atoms with Crippen molar-refractivity contribution in [1.82, 2.24) is 9.97 Å². The fraction of sp³-hybridized carbons (Fsp3) is 0.133. The van der Waals surface area contributed by atoms with Crippen LogP contribution in [0.4, 0.5) is 11.4 Å². The van der Waals surface area contributed by atoms with Gasteiger partial charge in [-0.3, -0.25) is 4.79 Å². The molecular weight excluding hydrogens is 448 g/mol. The fourth-order valence-corrected chi connectivity index (χ4v) is 4.61. The summed E-state index contributed by atoms with van der Waals surface area (Å²) in [7, 11) is 0. The van der Waals surface area contributed by atoms with Crippen LogP contribution >= 0.6 is 0 Å². The maximum Gasteiger partial charge on any atom is 0.256 e. The van der Waals surface area contributed by atoms with E-state index in [2.05, 4.69) is 39.5 Å². The van der Waals surface area contributed by atoms with E-state index in [1.807, 2.05) is 72.8 Å². The van der Waals surface area contributed by atoms with Crippen LogP contribution in [0.1, 0.15) is 10.4 Å². The monoisotopic (exact) mass is 474 g/mol. The van der Waals surface area contributed by atoms with E-state index in [1.54, 1.807) is 0 Å². The van der Waals surface area contributed by atoms with E-state index < -0.39 is 0 Å². The Morgan fingerprint density at radius 3 is 2.39 bits per heavy atom. The molecule has 0 atom stereocenters. The minimum absolute atomic E-state index is 0.171. The number of nitrogens with zero attached hydrogens (tertiary/aromatic N) is 2. The van der Waals surface area contributed by atoms with Crippen LogP contribution in [0, 0.1) is 0 Å². The van der Waals surface area contributed by atoms with Crippen LogP contribution < -0.4 is 10.2 Å². The number of ether oxygens (including phenoxy) is 1. The minimum atomic E-state index is -0.171. The van der Waals surface area contributed by atoms with Crippen molar-refractivity contribution < 1.29 is 9.53 Å². The molecule has 4 aromatic carbocycles. The van der Waals surface area contributed by atoms with Crippen LogP contribution in [-0.4, -0.2) is 42.2 Å². The van der Waals surface area contributed by atoms with Gasteiger partial charge in [0.25, 0.3) is 5.91 Å². The summed E-state index contributed by atoms with van der Waals surface area (Å²) in [5, 5.41) is 3.04. The number of carbonyl (C=O) groups is 1. The first-order valence-electron chi connectivity index (χ1n) is 12.1. The molecule has 0 unspecified atom stereocenters. The second-order valence-corrected chi connectivity index (χ2v) is 8.83. The average molecular weight is 475 g/mol. The lowest BCUT2D eigenvalue weighted by Crippen LogP contribution is -2.36. The lowest BCUT2D eigenvalue weighted by molar-refractivity contribution is 0.102. The van der Waals surface area contributed by atoms with E-state index in [1.165, 1.54) is 0 Å². The van der Waals surface area contributed by atoms with Crippen molar-refractivity contribution >= 4 is 28.3 Å².